The van der Waals surface area contributed by atoms with Crippen LogP contribution in [0.3, 0.4) is 0 Å². The molecule has 3 heterocycles. The molecule has 0 spiro atoms. The standard InChI is InChI=1S/C26H31N3O6S2/c1-17-8-10-19(11-9-17)37(31,32)29-14-4-7-20(29)25(30)28(16-18-6-5-15-35-18)26-27-23-21(33-2)12-13-22(34-3)24(23)36-26/h8-13,18,20H,4-7,14-16H2,1-3H3. The van der Waals surface area contributed by atoms with Crippen molar-refractivity contribution in [1.29, 1.82) is 0 Å². The molecule has 37 heavy (non-hydrogen) atoms. The van der Waals surface area contributed by atoms with E-state index in [2.05, 4.69) is 0 Å². The fraction of sp³-hybridized carbons (Fsp3) is 0.462. The van der Waals surface area contributed by atoms with Gasteiger partial charge in [0.05, 0.1) is 31.8 Å². The normalized spacial score (nSPS) is 20.4. The van der Waals surface area contributed by atoms with Gasteiger partial charge in [-0.25, -0.2) is 13.4 Å². The van der Waals surface area contributed by atoms with Crippen molar-refractivity contribution >= 4 is 42.6 Å². The molecule has 2 atom stereocenters. The highest BCUT2D eigenvalue weighted by molar-refractivity contribution is 7.89. The van der Waals surface area contributed by atoms with E-state index in [1.807, 2.05) is 13.0 Å². The Morgan fingerprint density at radius 2 is 1.84 bits per heavy atom. The average molecular weight is 546 g/mol. The van der Waals surface area contributed by atoms with E-state index in [4.69, 9.17) is 19.2 Å². The molecule has 1 amide bonds. The largest absolute Gasteiger partial charge is 0.495 e. The van der Waals surface area contributed by atoms with Crippen molar-refractivity contribution in [3.05, 3.63) is 42.0 Å². The highest BCUT2D eigenvalue weighted by atomic mass is 32.2. The van der Waals surface area contributed by atoms with E-state index in [-0.39, 0.29) is 16.9 Å². The molecule has 0 bridgehead atoms. The number of aryl methyl sites for hydroxylation is 1. The predicted octanol–water partition coefficient (Wildman–Crippen LogP) is 3.99. The number of anilines is 1. The molecule has 2 unspecified atom stereocenters. The van der Waals surface area contributed by atoms with Gasteiger partial charge >= 0.3 is 0 Å². The molecule has 5 rings (SSSR count). The summed E-state index contributed by atoms with van der Waals surface area (Å²) in [6, 6.07) is 9.51. The number of benzene rings is 2. The molecule has 1 aromatic heterocycles. The molecule has 2 aliphatic heterocycles. The third-order valence-corrected chi connectivity index (χ3v) is 9.94. The van der Waals surface area contributed by atoms with Gasteiger partial charge in [-0.3, -0.25) is 9.69 Å². The molecule has 2 aliphatic rings. The van der Waals surface area contributed by atoms with Crippen LogP contribution in [0.1, 0.15) is 31.2 Å². The van der Waals surface area contributed by atoms with Gasteiger partial charge in [0.1, 0.15) is 27.8 Å². The maximum atomic E-state index is 14.1. The Hall–Kier alpha value is -2.73. The summed E-state index contributed by atoms with van der Waals surface area (Å²) in [7, 11) is -0.684. The summed E-state index contributed by atoms with van der Waals surface area (Å²) in [4.78, 5) is 20.7. The Kier molecular flexibility index (Phi) is 7.39. The number of carbonyl (C=O) groups excluding carboxylic acids is 1. The van der Waals surface area contributed by atoms with Gasteiger partial charge < -0.3 is 14.2 Å². The van der Waals surface area contributed by atoms with Crippen molar-refractivity contribution in [2.75, 3.05) is 38.8 Å². The second-order valence-corrected chi connectivity index (χ2v) is 12.2. The highest BCUT2D eigenvalue weighted by Crippen LogP contribution is 2.41. The van der Waals surface area contributed by atoms with Gasteiger partial charge in [-0.05, 0) is 56.9 Å². The van der Waals surface area contributed by atoms with Crippen molar-refractivity contribution in [2.24, 2.45) is 0 Å². The lowest BCUT2D eigenvalue weighted by Crippen LogP contribution is -2.49. The molecule has 0 radical (unpaired) electrons. The number of ether oxygens (including phenoxy) is 3. The third kappa shape index (κ3) is 4.93. The molecular formula is C26H31N3O6S2. The van der Waals surface area contributed by atoms with Gasteiger partial charge in [-0.15, -0.1) is 0 Å². The van der Waals surface area contributed by atoms with Gasteiger partial charge in [0.2, 0.25) is 15.9 Å². The van der Waals surface area contributed by atoms with Gasteiger partial charge in [0.25, 0.3) is 0 Å². The van der Waals surface area contributed by atoms with Crippen molar-refractivity contribution in [3.63, 3.8) is 0 Å². The molecular weight excluding hydrogens is 514 g/mol. The van der Waals surface area contributed by atoms with Crippen LogP contribution in [0.5, 0.6) is 11.5 Å². The van der Waals surface area contributed by atoms with Crippen LogP contribution in [0.2, 0.25) is 0 Å². The SMILES string of the molecule is COc1ccc(OC)c2sc(N(CC3CCCO3)C(=O)C3CCCN3S(=O)(=O)c3ccc(C)cc3)nc12. The smallest absolute Gasteiger partial charge is 0.247 e. The number of aromatic nitrogens is 1. The van der Waals surface area contributed by atoms with Crippen LogP contribution in [-0.2, 0) is 19.6 Å². The fourth-order valence-electron chi connectivity index (χ4n) is 4.94. The summed E-state index contributed by atoms with van der Waals surface area (Å²) in [5.74, 6) is 0.918. The zero-order valence-corrected chi connectivity index (χ0v) is 22.8. The van der Waals surface area contributed by atoms with Crippen LogP contribution >= 0.6 is 11.3 Å². The molecule has 3 aromatic rings. The van der Waals surface area contributed by atoms with E-state index < -0.39 is 16.1 Å². The van der Waals surface area contributed by atoms with E-state index in [0.717, 1.165) is 23.1 Å². The first-order valence-electron chi connectivity index (χ1n) is 12.4. The molecule has 0 saturated carbocycles. The number of hydrogen-bond donors (Lipinski definition) is 0. The predicted molar refractivity (Wildman–Crippen MR) is 142 cm³/mol. The van der Waals surface area contributed by atoms with Crippen LogP contribution in [0.25, 0.3) is 10.2 Å². The zero-order valence-electron chi connectivity index (χ0n) is 21.2. The summed E-state index contributed by atoms with van der Waals surface area (Å²) >= 11 is 1.33. The second kappa shape index (κ2) is 10.6. The first-order chi connectivity index (χ1) is 17.8. The summed E-state index contributed by atoms with van der Waals surface area (Å²) in [6.07, 6.45) is 2.67. The lowest BCUT2D eigenvalue weighted by Gasteiger charge is -2.29. The number of amides is 1. The number of rotatable bonds is 8. The number of thiazole rings is 1. The summed E-state index contributed by atoms with van der Waals surface area (Å²) < 4.78 is 46.1. The molecule has 2 aromatic carbocycles. The van der Waals surface area contributed by atoms with Gasteiger partial charge in [-0.1, -0.05) is 29.0 Å². The Morgan fingerprint density at radius 3 is 2.51 bits per heavy atom. The Labute approximate surface area is 221 Å². The topological polar surface area (TPSA) is 98.3 Å². The Morgan fingerprint density at radius 1 is 1.11 bits per heavy atom. The minimum Gasteiger partial charge on any atom is -0.495 e. The lowest BCUT2D eigenvalue weighted by atomic mass is 10.2. The van der Waals surface area contributed by atoms with E-state index in [9.17, 15) is 13.2 Å². The number of hydrogen-bond acceptors (Lipinski definition) is 8. The monoisotopic (exact) mass is 545 g/mol. The maximum Gasteiger partial charge on any atom is 0.247 e. The summed E-state index contributed by atoms with van der Waals surface area (Å²) in [5.41, 5.74) is 1.57. The van der Waals surface area contributed by atoms with Crippen molar-refractivity contribution in [3.8, 4) is 11.5 Å². The summed E-state index contributed by atoms with van der Waals surface area (Å²) in [5, 5.41) is 0.470. The number of methoxy groups -OCH3 is 2. The molecule has 0 aliphatic carbocycles. The molecule has 0 N–H and O–H groups in total. The van der Waals surface area contributed by atoms with Crippen molar-refractivity contribution < 1.29 is 27.4 Å². The van der Waals surface area contributed by atoms with Crippen molar-refractivity contribution in [2.45, 2.75) is 49.6 Å². The minimum absolute atomic E-state index is 0.136. The quantitative estimate of drug-likeness (QED) is 0.422. The minimum atomic E-state index is -3.84. The first-order valence-corrected chi connectivity index (χ1v) is 14.6. The Balaban J connectivity index is 1.53. The Bertz CT molecular complexity index is 1340. The highest BCUT2D eigenvalue weighted by Gasteiger charge is 2.42. The molecule has 2 fully saturated rings. The molecule has 198 valence electrons. The van der Waals surface area contributed by atoms with Gasteiger partial charge in [0, 0.05) is 13.2 Å². The van der Waals surface area contributed by atoms with E-state index in [1.165, 1.54) is 15.6 Å². The first kappa shape index (κ1) is 25.9. The fourth-order valence-corrected chi connectivity index (χ4v) is 7.68. The van der Waals surface area contributed by atoms with Crippen LogP contribution in [-0.4, -0.2) is 69.7 Å². The van der Waals surface area contributed by atoms with E-state index in [1.54, 1.807) is 49.5 Å². The van der Waals surface area contributed by atoms with Crippen molar-refractivity contribution in [1.82, 2.24) is 9.29 Å². The second-order valence-electron chi connectivity index (χ2n) is 9.31. The van der Waals surface area contributed by atoms with Crippen LogP contribution < -0.4 is 14.4 Å². The van der Waals surface area contributed by atoms with Crippen LogP contribution in [0.15, 0.2) is 41.3 Å². The van der Waals surface area contributed by atoms with Gasteiger partial charge in [0.15, 0.2) is 5.13 Å². The number of sulfonamides is 1. The van der Waals surface area contributed by atoms with Crippen LogP contribution in [0, 0.1) is 6.92 Å². The maximum absolute atomic E-state index is 14.1. The number of fused-ring (bicyclic) bond motifs is 1. The summed E-state index contributed by atoms with van der Waals surface area (Å²) in [6.45, 7) is 3.15. The number of carbonyl (C=O) groups is 1. The lowest BCUT2D eigenvalue weighted by molar-refractivity contribution is -0.122. The van der Waals surface area contributed by atoms with Gasteiger partial charge in [-0.2, -0.15) is 4.31 Å². The molecule has 9 nitrogen and oxygen atoms in total. The van der Waals surface area contributed by atoms with Crippen LogP contribution in [0.4, 0.5) is 5.13 Å². The molecule has 2 saturated heterocycles. The third-order valence-electron chi connectivity index (χ3n) is 6.92. The van der Waals surface area contributed by atoms with E-state index >= 15 is 0 Å². The van der Waals surface area contributed by atoms with E-state index in [0.29, 0.717) is 54.7 Å². The average Bonchev–Trinajstić information content (AvgIpc) is 3.67. The molecule has 11 heteroatoms. The zero-order chi connectivity index (χ0) is 26.2. The number of nitrogens with zero attached hydrogens (tertiary/aromatic N) is 3.